The summed E-state index contributed by atoms with van der Waals surface area (Å²) in [4.78, 5) is 31.8. The molecule has 142 valence electrons. The Bertz CT molecular complexity index is 1020. The van der Waals surface area contributed by atoms with Crippen molar-refractivity contribution < 1.29 is 9.59 Å². The Balaban J connectivity index is 0.00000210. The van der Waals surface area contributed by atoms with Crippen LogP contribution >= 0.6 is 12.4 Å². The van der Waals surface area contributed by atoms with Gasteiger partial charge in [0.25, 0.3) is 0 Å². The quantitative estimate of drug-likeness (QED) is 0.676. The highest BCUT2D eigenvalue weighted by Gasteiger charge is 2.34. The number of amides is 1. The fourth-order valence-electron chi connectivity index (χ4n) is 3.88. The molecule has 0 saturated heterocycles. The van der Waals surface area contributed by atoms with Crippen LogP contribution in [-0.2, 0) is 13.0 Å². The predicted octanol–water partition coefficient (Wildman–Crippen LogP) is 3.54. The van der Waals surface area contributed by atoms with Gasteiger partial charge < -0.3 is 9.47 Å². The lowest BCUT2D eigenvalue weighted by Crippen LogP contribution is -2.32. The molecule has 2 heterocycles. The Kier molecular flexibility index (Phi) is 5.11. The normalized spacial score (nSPS) is 16.1. The lowest BCUT2D eigenvalue weighted by atomic mass is 9.85. The number of nitrogens with zero attached hydrogens (tertiary/aromatic N) is 4. The SMILES string of the molecule is Cc1nccn1CC1CCc2c(c3ccccc3n2C(=O)N(C)C)C1=O.Cl. The summed E-state index contributed by atoms with van der Waals surface area (Å²) in [5, 5.41) is 0.870. The molecule has 0 N–H and O–H groups in total. The van der Waals surface area contributed by atoms with Crippen LogP contribution < -0.4 is 0 Å². The van der Waals surface area contributed by atoms with Crippen LogP contribution in [0.3, 0.4) is 0 Å². The molecule has 4 rings (SSSR count). The Morgan fingerprint density at radius 3 is 2.70 bits per heavy atom. The lowest BCUT2D eigenvalue weighted by molar-refractivity contribution is 0.0888. The molecule has 0 bridgehead atoms. The zero-order chi connectivity index (χ0) is 18.4. The van der Waals surface area contributed by atoms with Crippen molar-refractivity contribution in [2.45, 2.75) is 26.3 Å². The van der Waals surface area contributed by atoms with Crippen LogP contribution in [0.5, 0.6) is 0 Å². The van der Waals surface area contributed by atoms with E-state index >= 15 is 0 Å². The molecule has 0 spiro atoms. The number of fused-ring (bicyclic) bond motifs is 3. The average Bonchev–Trinajstić information content (AvgIpc) is 3.18. The van der Waals surface area contributed by atoms with E-state index in [-0.39, 0.29) is 30.1 Å². The molecule has 27 heavy (non-hydrogen) atoms. The van der Waals surface area contributed by atoms with Gasteiger partial charge in [0.15, 0.2) is 5.78 Å². The third-order valence-electron chi connectivity index (χ3n) is 5.23. The number of carbonyl (C=O) groups is 2. The molecular formula is C20H23ClN4O2. The molecule has 0 fully saturated rings. The van der Waals surface area contributed by atoms with Crippen molar-refractivity contribution in [2.24, 2.45) is 5.92 Å². The maximum Gasteiger partial charge on any atom is 0.328 e. The second-order valence-corrected chi connectivity index (χ2v) is 7.08. The topological polar surface area (TPSA) is 60.1 Å². The monoisotopic (exact) mass is 386 g/mol. The van der Waals surface area contributed by atoms with E-state index in [0.717, 1.165) is 28.8 Å². The van der Waals surface area contributed by atoms with E-state index in [2.05, 4.69) is 4.98 Å². The molecule has 1 aliphatic rings. The van der Waals surface area contributed by atoms with Crippen molar-refractivity contribution in [1.82, 2.24) is 19.0 Å². The van der Waals surface area contributed by atoms with Crippen LogP contribution in [-0.4, -0.2) is 44.9 Å². The van der Waals surface area contributed by atoms with E-state index in [1.54, 1.807) is 29.8 Å². The number of halogens is 1. The molecule has 0 radical (unpaired) electrons. The first kappa shape index (κ1) is 19.2. The Morgan fingerprint density at radius 1 is 1.30 bits per heavy atom. The number of ketones is 1. The smallest absolute Gasteiger partial charge is 0.328 e. The van der Waals surface area contributed by atoms with Gasteiger partial charge in [0, 0.05) is 55.6 Å². The highest BCUT2D eigenvalue weighted by Crippen LogP contribution is 2.35. The predicted molar refractivity (Wildman–Crippen MR) is 107 cm³/mol. The molecule has 2 aromatic heterocycles. The van der Waals surface area contributed by atoms with Crippen LogP contribution in [0, 0.1) is 12.8 Å². The maximum absolute atomic E-state index is 13.3. The maximum atomic E-state index is 13.3. The number of hydrogen-bond acceptors (Lipinski definition) is 3. The summed E-state index contributed by atoms with van der Waals surface area (Å²) >= 11 is 0. The summed E-state index contributed by atoms with van der Waals surface area (Å²) in [6.45, 7) is 2.57. The number of hydrogen-bond donors (Lipinski definition) is 0. The second kappa shape index (κ2) is 7.19. The highest BCUT2D eigenvalue weighted by molar-refractivity contribution is 6.13. The van der Waals surface area contributed by atoms with Crippen LogP contribution in [0.1, 0.15) is 28.3 Å². The minimum absolute atomic E-state index is 0. The van der Waals surface area contributed by atoms with Gasteiger partial charge in [0.05, 0.1) is 5.52 Å². The molecule has 1 unspecified atom stereocenters. The third-order valence-corrected chi connectivity index (χ3v) is 5.23. The Labute approximate surface area is 164 Å². The van der Waals surface area contributed by atoms with Gasteiger partial charge in [-0.15, -0.1) is 12.4 Å². The van der Waals surface area contributed by atoms with Gasteiger partial charge in [0.2, 0.25) is 0 Å². The minimum Gasteiger partial charge on any atom is -0.334 e. The zero-order valence-electron chi connectivity index (χ0n) is 15.7. The largest absolute Gasteiger partial charge is 0.334 e. The van der Waals surface area contributed by atoms with Gasteiger partial charge in [-0.05, 0) is 25.8 Å². The standard InChI is InChI=1S/C20H22N4O2.ClH/c1-13-21-10-11-23(13)12-14-8-9-17-18(19(14)25)15-6-4-5-7-16(15)24(17)20(26)22(2)3;/h4-7,10-11,14H,8-9,12H2,1-3H3;1H. The van der Waals surface area contributed by atoms with Gasteiger partial charge in [-0.3, -0.25) is 9.36 Å². The summed E-state index contributed by atoms with van der Waals surface area (Å²) in [5.41, 5.74) is 2.36. The van der Waals surface area contributed by atoms with E-state index in [1.165, 1.54) is 0 Å². The van der Waals surface area contributed by atoms with Crippen LogP contribution in [0.2, 0.25) is 0 Å². The molecule has 3 aromatic rings. The average molecular weight is 387 g/mol. The molecular weight excluding hydrogens is 364 g/mol. The molecule has 1 amide bonds. The van der Waals surface area contributed by atoms with Gasteiger partial charge in [-0.1, -0.05) is 18.2 Å². The molecule has 7 heteroatoms. The lowest BCUT2D eigenvalue weighted by Gasteiger charge is -2.24. The van der Waals surface area contributed by atoms with E-state index in [9.17, 15) is 9.59 Å². The first-order chi connectivity index (χ1) is 12.5. The molecule has 1 atom stereocenters. The van der Waals surface area contributed by atoms with Crippen molar-refractivity contribution in [3.8, 4) is 0 Å². The van der Waals surface area contributed by atoms with Crippen molar-refractivity contribution >= 4 is 35.1 Å². The molecule has 0 aliphatic heterocycles. The summed E-state index contributed by atoms with van der Waals surface area (Å²) < 4.78 is 3.74. The van der Waals surface area contributed by atoms with E-state index in [4.69, 9.17) is 0 Å². The number of aryl methyl sites for hydroxylation is 1. The summed E-state index contributed by atoms with van der Waals surface area (Å²) in [5.74, 6) is 0.943. The molecule has 1 aliphatic carbocycles. The van der Waals surface area contributed by atoms with E-state index < -0.39 is 0 Å². The first-order valence-corrected chi connectivity index (χ1v) is 8.85. The van der Waals surface area contributed by atoms with Gasteiger partial charge in [-0.25, -0.2) is 9.78 Å². The van der Waals surface area contributed by atoms with Crippen molar-refractivity contribution in [3.05, 3.63) is 53.7 Å². The summed E-state index contributed by atoms with van der Waals surface area (Å²) in [6.07, 6.45) is 5.13. The molecule has 1 aromatic carbocycles. The fourth-order valence-corrected chi connectivity index (χ4v) is 3.88. The molecule has 6 nitrogen and oxygen atoms in total. The van der Waals surface area contributed by atoms with Crippen LogP contribution in [0.25, 0.3) is 10.9 Å². The Hall–Kier alpha value is -2.60. The van der Waals surface area contributed by atoms with Crippen LogP contribution in [0.4, 0.5) is 4.79 Å². The number of Topliss-reactive ketones (excluding diaryl/α,β-unsaturated/α-hetero) is 1. The number of imidazole rings is 1. The van der Waals surface area contributed by atoms with Crippen molar-refractivity contribution in [2.75, 3.05) is 14.1 Å². The molecule has 0 saturated carbocycles. The summed E-state index contributed by atoms with van der Waals surface area (Å²) in [6, 6.07) is 7.57. The van der Waals surface area contributed by atoms with Gasteiger partial charge in [0.1, 0.15) is 5.82 Å². The van der Waals surface area contributed by atoms with Crippen molar-refractivity contribution in [3.63, 3.8) is 0 Å². The van der Waals surface area contributed by atoms with Crippen molar-refractivity contribution in [1.29, 1.82) is 0 Å². The van der Waals surface area contributed by atoms with Crippen LogP contribution in [0.15, 0.2) is 36.7 Å². The summed E-state index contributed by atoms with van der Waals surface area (Å²) in [7, 11) is 3.47. The minimum atomic E-state index is -0.112. The van der Waals surface area contributed by atoms with E-state index in [0.29, 0.717) is 18.5 Å². The number of carbonyl (C=O) groups excluding carboxylic acids is 2. The number of rotatable bonds is 2. The number of benzene rings is 1. The number of aromatic nitrogens is 3. The highest BCUT2D eigenvalue weighted by atomic mass is 35.5. The zero-order valence-corrected chi connectivity index (χ0v) is 16.5. The van der Waals surface area contributed by atoms with Gasteiger partial charge in [-0.2, -0.15) is 0 Å². The third kappa shape index (κ3) is 3.04. The number of para-hydroxylation sites is 1. The fraction of sp³-hybridized carbons (Fsp3) is 0.350. The van der Waals surface area contributed by atoms with E-state index in [1.807, 2.05) is 42.0 Å². The first-order valence-electron chi connectivity index (χ1n) is 8.85. The van der Waals surface area contributed by atoms with Gasteiger partial charge >= 0.3 is 6.03 Å². The Morgan fingerprint density at radius 2 is 2.04 bits per heavy atom. The second-order valence-electron chi connectivity index (χ2n) is 7.08.